The first kappa shape index (κ1) is 19.1. The summed E-state index contributed by atoms with van der Waals surface area (Å²) >= 11 is 1.61. The lowest BCUT2D eigenvalue weighted by atomic mass is 9.90. The highest BCUT2D eigenvalue weighted by Crippen LogP contribution is 2.32. The number of imidazole rings is 1. The largest absolute Gasteiger partial charge is 0.387 e. The highest BCUT2D eigenvalue weighted by atomic mass is 32.1. The molecule has 3 aromatic rings. The lowest BCUT2D eigenvalue weighted by Gasteiger charge is -2.34. The molecule has 1 fully saturated rings. The van der Waals surface area contributed by atoms with Gasteiger partial charge >= 0.3 is 5.69 Å². The van der Waals surface area contributed by atoms with Crippen molar-refractivity contribution in [3.8, 4) is 0 Å². The minimum atomic E-state index is -0.371. The van der Waals surface area contributed by atoms with Gasteiger partial charge in [0.25, 0.3) is 5.56 Å². The predicted octanol–water partition coefficient (Wildman–Crippen LogP) is 0.941. The van der Waals surface area contributed by atoms with Crippen molar-refractivity contribution >= 4 is 22.5 Å². The summed E-state index contributed by atoms with van der Waals surface area (Å²) in [5.41, 5.74) is 0.209. The number of likely N-dealkylation sites (tertiary alicyclic amines) is 1. The molecule has 1 aliphatic rings. The quantitative estimate of drug-likeness (QED) is 0.685. The lowest BCUT2D eigenvalue weighted by Crippen LogP contribution is -2.39. The summed E-state index contributed by atoms with van der Waals surface area (Å²) in [6.07, 6.45) is 3.18. The number of piperidine rings is 1. The molecule has 4 heterocycles. The third-order valence-electron chi connectivity index (χ3n) is 5.79. The third-order valence-corrected chi connectivity index (χ3v) is 6.73. The van der Waals surface area contributed by atoms with Crippen LogP contribution < -0.4 is 11.2 Å². The number of thiophene rings is 1. The Morgan fingerprint density at radius 3 is 2.64 bits per heavy atom. The molecule has 0 saturated carbocycles. The Labute approximate surface area is 166 Å². The standard InChI is InChI=1S/C19H25N5O3S/c1-21-17-15(18(26)22(2)19(21)27)24(12-20-17)10-9-23-7-5-13(6-8-23)16(25)14-4-3-11-28-14/h3-4,11-13,16,25H,5-10H2,1-2H3. The van der Waals surface area contributed by atoms with E-state index >= 15 is 0 Å². The van der Waals surface area contributed by atoms with E-state index in [1.807, 2.05) is 22.1 Å². The average Bonchev–Trinajstić information content (AvgIpc) is 3.39. The molecule has 1 atom stereocenters. The fourth-order valence-corrected chi connectivity index (χ4v) is 4.80. The number of hydrogen-bond donors (Lipinski definition) is 1. The molecule has 9 heteroatoms. The number of rotatable bonds is 5. The van der Waals surface area contributed by atoms with Crippen LogP contribution in [0, 0.1) is 5.92 Å². The van der Waals surface area contributed by atoms with Gasteiger partial charge in [0.05, 0.1) is 12.4 Å². The number of hydrogen-bond acceptors (Lipinski definition) is 6. The van der Waals surface area contributed by atoms with Crippen molar-refractivity contribution in [2.45, 2.75) is 25.5 Å². The van der Waals surface area contributed by atoms with Gasteiger partial charge in [-0.1, -0.05) is 6.07 Å². The first-order chi connectivity index (χ1) is 13.5. The van der Waals surface area contributed by atoms with Crippen LogP contribution in [0.15, 0.2) is 33.4 Å². The average molecular weight is 404 g/mol. The zero-order chi connectivity index (χ0) is 19.8. The van der Waals surface area contributed by atoms with Crippen molar-refractivity contribution in [3.63, 3.8) is 0 Å². The summed E-state index contributed by atoms with van der Waals surface area (Å²) in [4.78, 5) is 32.2. The van der Waals surface area contributed by atoms with E-state index in [0.717, 1.165) is 41.9 Å². The first-order valence-corrected chi connectivity index (χ1v) is 10.4. The summed E-state index contributed by atoms with van der Waals surface area (Å²) in [5, 5.41) is 12.5. The highest BCUT2D eigenvalue weighted by molar-refractivity contribution is 7.10. The second-order valence-electron chi connectivity index (χ2n) is 7.46. The van der Waals surface area contributed by atoms with Crippen LogP contribution in [-0.2, 0) is 20.6 Å². The third kappa shape index (κ3) is 3.34. The van der Waals surface area contributed by atoms with Gasteiger partial charge < -0.3 is 14.6 Å². The molecule has 4 rings (SSSR count). The Morgan fingerprint density at radius 2 is 1.96 bits per heavy atom. The first-order valence-electron chi connectivity index (χ1n) is 9.52. The smallest absolute Gasteiger partial charge is 0.332 e. The molecule has 3 aromatic heterocycles. The van der Waals surface area contributed by atoms with Gasteiger partial charge in [0.2, 0.25) is 0 Å². The van der Waals surface area contributed by atoms with Crippen molar-refractivity contribution in [1.29, 1.82) is 0 Å². The molecule has 1 N–H and O–H groups in total. The van der Waals surface area contributed by atoms with E-state index in [2.05, 4.69) is 9.88 Å². The molecular formula is C19H25N5O3S. The zero-order valence-electron chi connectivity index (χ0n) is 16.1. The molecule has 150 valence electrons. The predicted molar refractivity (Wildman–Crippen MR) is 109 cm³/mol. The summed E-state index contributed by atoms with van der Waals surface area (Å²) < 4.78 is 4.37. The minimum absolute atomic E-state index is 0.297. The summed E-state index contributed by atoms with van der Waals surface area (Å²) in [6.45, 7) is 3.30. The fraction of sp³-hybridized carbons (Fsp3) is 0.526. The van der Waals surface area contributed by atoms with Gasteiger partial charge in [-0.25, -0.2) is 9.78 Å². The van der Waals surface area contributed by atoms with Crippen LogP contribution in [0.1, 0.15) is 23.8 Å². The van der Waals surface area contributed by atoms with E-state index < -0.39 is 0 Å². The van der Waals surface area contributed by atoms with Crippen LogP contribution in [0.3, 0.4) is 0 Å². The number of nitrogens with zero attached hydrogens (tertiary/aromatic N) is 5. The molecule has 0 amide bonds. The van der Waals surface area contributed by atoms with Gasteiger partial charge in [-0.15, -0.1) is 11.3 Å². The maximum atomic E-state index is 12.5. The molecule has 0 radical (unpaired) electrons. The van der Waals surface area contributed by atoms with Gasteiger partial charge in [-0.3, -0.25) is 13.9 Å². The zero-order valence-corrected chi connectivity index (χ0v) is 16.9. The van der Waals surface area contributed by atoms with Crippen LogP contribution in [0.5, 0.6) is 0 Å². The van der Waals surface area contributed by atoms with Crippen LogP contribution in [-0.4, -0.2) is 48.3 Å². The Balaban J connectivity index is 1.41. The number of fused-ring (bicyclic) bond motifs is 1. The normalized spacial score (nSPS) is 17.4. The number of aliphatic hydroxyl groups excluding tert-OH is 1. The van der Waals surface area contributed by atoms with Gasteiger partial charge in [-0.2, -0.15) is 0 Å². The fourth-order valence-electron chi connectivity index (χ4n) is 4.00. The maximum absolute atomic E-state index is 12.5. The molecule has 8 nitrogen and oxygen atoms in total. The Hall–Kier alpha value is -2.23. The van der Waals surface area contributed by atoms with Crippen LogP contribution in [0.25, 0.3) is 11.2 Å². The molecule has 0 bridgehead atoms. The second-order valence-corrected chi connectivity index (χ2v) is 8.43. The van der Waals surface area contributed by atoms with Gasteiger partial charge in [-0.05, 0) is 43.3 Å². The van der Waals surface area contributed by atoms with Gasteiger partial charge in [0.1, 0.15) is 0 Å². The molecular weight excluding hydrogens is 378 g/mol. The molecule has 0 spiro atoms. The molecule has 0 aliphatic carbocycles. The van der Waals surface area contributed by atoms with E-state index in [1.54, 1.807) is 24.7 Å². The summed E-state index contributed by atoms with van der Waals surface area (Å²) in [7, 11) is 3.12. The van der Waals surface area contributed by atoms with Crippen LogP contribution >= 0.6 is 11.3 Å². The Morgan fingerprint density at radius 1 is 1.21 bits per heavy atom. The minimum Gasteiger partial charge on any atom is -0.387 e. The SMILES string of the molecule is Cn1c(=O)c2c(ncn2CCN2CCC(C(O)c3cccs3)CC2)n(C)c1=O. The van der Waals surface area contributed by atoms with Crippen molar-refractivity contribution in [1.82, 2.24) is 23.6 Å². The molecule has 1 aliphatic heterocycles. The summed E-state index contributed by atoms with van der Waals surface area (Å²) in [5.74, 6) is 0.297. The Bertz CT molecular complexity index is 1070. The Kier molecular flexibility index (Phi) is 5.22. The van der Waals surface area contributed by atoms with Crippen molar-refractivity contribution in [2.75, 3.05) is 19.6 Å². The molecule has 0 aromatic carbocycles. The van der Waals surface area contributed by atoms with Gasteiger partial charge in [0, 0.05) is 32.1 Å². The number of aryl methyl sites for hydroxylation is 1. The van der Waals surface area contributed by atoms with Crippen molar-refractivity contribution in [3.05, 3.63) is 49.6 Å². The van der Waals surface area contributed by atoms with Crippen LogP contribution in [0.2, 0.25) is 0 Å². The van der Waals surface area contributed by atoms with E-state index in [-0.39, 0.29) is 17.4 Å². The van der Waals surface area contributed by atoms with Gasteiger partial charge in [0.15, 0.2) is 11.2 Å². The monoisotopic (exact) mass is 403 g/mol. The highest BCUT2D eigenvalue weighted by Gasteiger charge is 2.26. The molecule has 1 saturated heterocycles. The molecule has 1 unspecified atom stereocenters. The maximum Gasteiger partial charge on any atom is 0.332 e. The van der Waals surface area contributed by atoms with Crippen LogP contribution in [0.4, 0.5) is 0 Å². The van der Waals surface area contributed by atoms with Crippen molar-refractivity contribution in [2.24, 2.45) is 20.0 Å². The van der Waals surface area contributed by atoms with E-state index in [9.17, 15) is 14.7 Å². The van der Waals surface area contributed by atoms with E-state index in [1.165, 1.54) is 11.6 Å². The number of aliphatic hydroxyl groups is 1. The van der Waals surface area contributed by atoms with E-state index in [4.69, 9.17) is 0 Å². The van der Waals surface area contributed by atoms with Crippen molar-refractivity contribution < 1.29 is 5.11 Å². The number of aromatic nitrogens is 4. The van der Waals surface area contributed by atoms with E-state index in [0.29, 0.717) is 23.6 Å². The lowest BCUT2D eigenvalue weighted by molar-refractivity contribution is 0.0604. The molecule has 28 heavy (non-hydrogen) atoms. The topological polar surface area (TPSA) is 85.3 Å². The summed E-state index contributed by atoms with van der Waals surface area (Å²) in [6, 6.07) is 3.98. The second kappa shape index (κ2) is 7.65.